The summed E-state index contributed by atoms with van der Waals surface area (Å²) in [4.78, 5) is 12.2. The van der Waals surface area contributed by atoms with Crippen LogP contribution in [0.1, 0.15) is 15.9 Å². The van der Waals surface area contributed by atoms with E-state index in [9.17, 15) is 9.18 Å². The molecule has 98 valence electrons. The topological polar surface area (TPSA) is 52.3 Å². The molecule has 2 N–H and O–H groups in total. The number of halogens is 1. The first-order valence-corrected chi connectivity index (χ1v) is 5.82. The van der Waals surface area contributed by atoms with Gasteiger partial charge in [0, 0.05) is 6.42 Å². The normalized spacial score (nSPS) is 10.2. The summed E-state index contributed by atoms with van der Waals surface area (Å²) >= 11 is 0. The van der Waals surface area contributed by atoms with Gasteiger partial charge in [-0.05, 0) is 29.8 Å². The fraction of sp³-hybridized carbons (Fsp3) is 0.133. The minimum Gasteiger partial charge on any atom is -0.494 e. The van der Waals surface area contributed by atoms with Gasteiger partial charge in [-0.1, -0.05) is 18.2 Å². The molecule has 0 radical (unpaired) electrons. The van der Waals surface area contributed by atoms with E-state index in [0.717, 1.165) is 5.56 Å². The first-order chi connectivity index (χ1) is 9.11. The molecule has 0 saturated carbocycles. The molecule has 0 aliphatic heterocycles. The summed E-state index contributed by atoms with van der Waals surface area (Å²) < 4.78 is 17.9. The zero-order valence-electron chi connectivity index (χ0n) is 10.5. The number of ether oxygens (including phenoxy) is 1. The lowest BCUT2D eigenvalue weighted by Gasteiger charge is -2.10. The molecule has 3 nitrogen and oxygen atoms in total. The van der Waals surface area contributed by atoms with Gasteiger partial charge in [-0.25, -0.2) is 4.39 Å². The lowest BCUT2D eigenvalue weighted by atomic mass is 10.0. The van der Waals surface area contributed by atoms with Crippen LogP contribution in [0.25, 0.3) is 0 Å². The zero-order valence-corrected chi connectivity index (χ0v) is 10.5. The molecule has 19 heavy (non-hydrogen) atoms. The number of hydrogen-bond acceptors (Lipinski definition) is 3. The number of nitrogens with two attached hydrogens (primary N) is 1. The van der Waals surface area contributed by atoms with Gasteiger partial charge in [0.15, 0.2) is 11.5 Å². The first kappa shape index (κ1) is 13.1. The van der Waals surface area contributed by atoms with Gasteiger partial charge in [0.2, 0.25) is 0 Å². The van der Waals surface area contributed by atoms with Gasteiger partial charge in [-0.15, -0.1) is 0 Å². The number of ketones is 1. The summed E-state index contributed by atoms with van der Waals surface area (Å²) in [5, 5.41) is 0. The number of anilines is 1. The monoisotopic (exact) mass is 259 g/mol. The van der Waals surface area contributed by atoms with Crippen LogP contribution in [0.15, 0.2) is 42.5 Å². The third-order valence-electron chi connectivity index (χ3n) is 2.83. The van der Waals surface area contributed by atoms with Crippen LogP contribution in [-0.2, 0) is 6.42 Å². The molecule has 0 aromatic heterocycles. The molecular formula is C15H14FNO2. The molecule has 0 spiro atoms. The molecule has 0 unspecified atom stereocenters. The van der Waals surface area contributed by atoms with Crippen LogP contribution in [0.5, 0.6) is 5.75 Å². The SMILES string of the molecule is COc1c(N)cccc1C(=O)Cc1ccc(F)cc1. The molecule has 2 aromatic rings. The van der Waals surface area contributed by atoms with Crippen LogP contribution in [-0.4, -0.2) is 12.9 Å². The van der Waals surface area contributed by atoms with Crippen molar-refractivity contribution < 1.29 is 13.9 Å². The summed E-state index contributed by atoms with van der Waals surface area (Å²) in [6.45, 7) is 0. The Balaban J connectivity index is 2.25. The summed E-state index contributed by atoms with van der Waals surface area (Å²) in [5.74, 6) is -0.0527. The highest BCUT2D eigenvalue weighted by Crippen LogP contribution is 2.27. The Kier molecular flexibility index (Phi) is 3.80. The van der Waals surface area contributed by atoms with E-state index in [-0.39, 0.29) is 18.0 Å². The van der Waals surface area contributed by atoms with Crippen molar-refractivity contribution in [2.45, 2.75) is 6.42 Å². The average molecular weight is 259 g/mol. The number of para-hydroxylation sites is 1. The molecule has 0 aliphatic carbocycles. The van der Waals surface area contributed by atoms with Crippen molar-refractivity contribution in [3.63, 3.8) is 0 Å². The van der Waals surface area contributed by atoms with Crippen LogP contribution < -0.4 is 10.5 Å². The Hall–Kier alpha value is -2.36. The summed E-state index contributed by atoms with van der Waals surface area (Å²) in [6, 6.07) is 10.9. The Morgan fingerprint density at radius 3 is 2.53 bits per heavy atom. The largest absolute Gasteiger partial charge is 0.494 e. The van der Waals surface area contributed by atoms with Gasteiger partial charge < -0.3 is 10.5 Å². The molecule has 0 saturated heterocycles. The van der Waals surface area contributed by atoms with E-state index >= 15 is 0 Å². The number of carbonyl (C=O) groups excluding carboxylic acids is 1. The van der Waals surface area contributed by atoms with Gasteiger partial charge in [-0.2, -0.15) is 0 Å². The molecule has 0 aliphatic rings. The minimum absolute atomic E-state index is 0.115. The summed E-state index contributed by atoms with van der Waals surface area (Å²) in [6.07, 6.45) is 0.181. The van der Waals surface area contributed by atoms with Crippen molar-refractivity contribution in [1.82, 2.24) is 0 Å². The second-order valence-electron chi connectivity index (χ2n) is 4.15. The lowest BCUT2D eigenvalue weighted by Crippen LogP contribution is -2.07. The Bertz CT molecular complexity index is 594. The van der Waals surface area contributed by atoms with Gasteiger partial charge in [-0.3, -0.25) is 4.79 Å². The quantitative estimate of drug-likeness (QED) is 0.678. The second-order valence-corrected chi connectivity index (χ2v) is 4.15. The Labute approximate surface area is 110 Å². The van der Waals surface area contributed by atoms with Crippen LogP contribution in [0.4, 0.5) is 10.1 Å². The molecule has 2 rings (SSSR count). The van der Waals surface area contributed by atoms with E-state index in [1.54, 1.807) is 30.3 Å². The van der Waals surface area contributed by atoms with Crippen molar-refractivity contribution in [2.24, 2.45) is 0 Å². The molecule has 0 amide bonds. The maximum absolute atomic E-state index is 12.8. The van der Waals surface area contributed by atoms with Crippen molar-refractivity contribution in [3.8, 4) is 5.75 Å². The predicted molar refractivity (Wildman–Crippen MR) is 71.8 cm³/mol. The van der Waals surface area contributed by atoms with E-state index in [1.165, 1.54) is 19.2 Å². The van der Waals surface area contributed by atoms with Gasteiger partial charge in [0.1, 0.15) is 5.82 Å². The van der Waals surface area contributed by atoms with Crippen molar-refractivity contribution in [1.29, 1.82) is 0 Å². The highest BCUT2D eigenvalue weighted by molar-refractivity contribution is 6.01. The van der Waals surface area contributed by atoms with E-state index in [1.807, 2.05) is 0 Å². The van der Waals surface area contributed by atoms with Crippen LogP contribution in [0.2, 0.25) is 0 Å². The molecule has 0 bridgehead atoms. The van der Waals surface area contributed by atoms with Crippen molar-refractivity contribution >= 4 is 11.5 Å². The molecule has 2 aromatic carbocycles. The molecule has 4 heteroatoms. The molecular weight excluding hydrogens is 245 g/mol. The first-order valence-electron chi connectivity index (χ1n) is 5.82. The standard InChI is InChI=1S/C15H14FNO2/c1-19-15-12(3-2-4-13(15)17)14(18)9-10-5-7-11(16)8-6-10/h2-8H,9,17H2,1H3. The number of benzene rings is 2. The smallest absolute Gasteiger partial charge is 0.171 e. The minimum atomic E-state index is -0.322. The van der Waals surface area contributed by atoms with Crippen LogP contribution in [0, 0.1) is 5.82 Å². The number of nitrogen functional groups attached to an aromatic ring is 1. The van der Waals surface area contributed by atoms with Gasteiger partial charge in [0.25, 0.3) is 0 Å². The second kappa shape index (κ2) is 5.52. The lowest BCUT2D eigenvalue weighted by molar-refractivity contribution is 0.0990. The average Bonchev–Trinajstić information content (AvgIpc) is 2.41. The van der Waals surface area contributed by atoms with Gasteiger partial charge >= 0.3 is 0 Å². The van der Waals surface area contributed by atoms with E-state index < -0.39 is 0 Å². The Morgan fingerprint density at radius 1 is 1.21 bits per heavy atom. The predicted octanol–water partition coefficient (Wildman–Crippen LogP) is 2.84. The zero-order chi connectivity index (χ0) is 13.8. The molecule has 0 atom stereocenters. The maximum Gasteiger partial charge on any atom is 0.171 e. The van der Waals surface area contributed by atoms with E-state index in [4.69, 9.17) is 10.5 Å². The fourth-order valence-electron chi connectivity index (χ4n) is 1.89. The number of methoxy groups -OCH3 is 1. The van der Waals surface area contributed by atoms with Crippen molar-refractivity contribution in [2.75, 3.05) is 12.8 Å². The molecule has 0 heterocycles. The maximum atomic E-state index is 12.8. The van der Waals surface area contributed by atoms with Gasteiger partial charge in [0.05, 0.1) is 18.4 Å². The number of rotatable bonds is 4. The van der Waals surface area contributed by atoms with Crippen LogP contribution in [0.3, 0.4) is 0 Å². The highest BCUT2D eigenvalue weighted by atomic mass is 19.1. The fourth-order valence-corrected chi connectivity index (χ4v) is 1.89. The van der Waals surface area contributed by atoms with Crippen molar-refractivity contribution in [3.05, 3.63) is 59.4 Å². The van der Waals surface area contributed by atoms with E-state index in [2.05, 4.69) is 0 Å². The number of Topliss-reactive ketones (excluding diaryl/α,β-unsaturated/α-hetero) is 1. The Morgan fingerprint density at radius 2 is 1.89 bits per heavy atom. The summed E-state index contributed by atoms with van der Waals surface area (Å²) in [7, 11) is 1.47. The number of carbonyl (C=O) groups is 1. The van der Waals surface area contributed by atoms with E-state index in [0.29, 0.717) is 17.0 Å². The third kappa shape index (κ3) is 2.91. The third-order valence-corrected chi connectivity index (χ3v) is 2.83. The van der Waals surface area contributed by atoms with Crippen LogP contribution >= 0.6 is 0 Å². The molecule has 0 fully saturated rings. The highest BCUT2D eigenvalue weighted by Gasteiger charge is 2.14. The summed E-state index contributed by atoms with van der Waals surface area (Å²) in [5.41, 5.74) is 7.36. The number of hydrogen-bond donors (Lipinski definition) is 1.